The molecule has 1 aliphatic rings. The molecule has 2 nitrogen and oxygen atoms in total. The molecule has 1 rings (SSSR count). The van der Waals surface area contributed by atoms with Crippen LogP contribution in [0.5, 0.6) is 0 Å². The summed E-state index contributed by atoms with van der Waals surface area (Å²) in [5, 5.41) is 0. The molecule has 0 saturated heterocycles. The number of hydrogen-bond acceptors (Lipinski definition) is 2. The van der Waals surface area contributed by atoms with Gasteiger partial charge in [-0.05, 0) is 65.6 Å². The lowest BCUT2D eigenvalue weighted by atomic mass is 9.73. The highest BCUT2D eigenvalue weighted by Gasteiger charge is 2.41. The van der Waals surface area contributed by atoms with Crippen molar-refractivity contribution in [3.8, 4) is 0 Å². The summed E-state index contributed by atoms with van der Waals surface area (Å²) in [6.07, 6.45) is 6.16. The average molecular weight is 223 g/mol. The SMILES string of the molecule is CC(C)=CC(=O)C1(N(C)C)CCC(C)CC1. The molecular weight excluding hydrogens is 198 g/mol. The molecule has 0 spiro atoms. The van der Waals surface area contributed by atoms with E-state index in [9.17, 15) is 4.79 Å². The summed E-state index contributed by atoms with van der Waals surface area (Å²) in [4.78, 5) is 14.5. The molecule has 0 atom stereocenters. The predicted molar refractivity (Wildman–Crippen MR) is 68.5 cm³/mol. The Labute approximate surface area is 99.7 Å². The van der Waals surface area contributed by atoms with Crippen LogP contribution in [0.25, 0.3) is 0 Å². The molecule has 1 fully saturated rings. The predicted octanol–water partition coefficient (Wildman–Crippen LogP) is 3.03. The minimum Gasteiger partial charge on any atom is -0.297 e. The molecule has 1 saturated carbocycles. The Kier molecular flexibility index (Phi) is 4.31. The van der Waals surface area contributed by atoms with Gasteiger partial charge in [0.1, 0.15) is 0 Å². The van der Waals surface area contributed by atoms with Gasteiger partial charge in [-0.25, -0.2) is 0 Å². The molecule has 1 aliphatic carbocycles. The lowest BCUT2D eigenvalue weighted by Crippen LogP contribution is -2.52. The second-order valence-corrected chi connectivity index (χ2v) is 5.69. The first-order chi connectivity index (χ1) is 7.38. The Balaban J connectivity index is 2.90. The average Bonchev–Trinajstić information content (AvgIpc) is 2.17. The van der Waals surface area contributed by atoms with Crippen molar-refractivity contribution in [1.82, 2.24) is 4.90 Å². The molecule has 2 heteroatoms. The standard InChI is InChI=1S/C14H25NO/c1-11(2)10-13(16)14(15(4)5)8-6-12(3)7-9-14/h10,12H,6-9H2,1-5H3. The van der Waals surface area contributed by atoms with Crippen LogP contribution in [-0.2, 0) is 4.79 Å². The van der Waals surface area contributed by atoms with Crippen molar-refractivity contribution in [3.63, 3.8) is 0 Å². The fraction of sp³-hybridized carbons (Fsp3) is 0.786. The maximum absolute atomic E-state index is 12.4. The lowest BCUT2D eigenvalue weighted by molar-refractivity contribution is -0.127. The van der Waals surface area contributed by atoms with Crippen molar-refractivity contribution in [2.24, 2.45) is 5.92 Å². The van der Waals surface area contributed by atoms with Gasteiger partial charge in [-0.15, -0.1) is 0 Å². The number of carbonyl (C=O) groups excluding carboxylic acids is 1. The van der Waals surface area contributed by atoms with Gasteiger partial charge in [0.05, 0.1) is 5.54 Å². The summed E-state index contributed by atoms with van der Waals surface area (Å²) in [6, 6.07) is 0. The van der Waals surface area contributed by atoms with E-state index >= 15 is 0 Å². The number of hydrogen-bond donors (Lipinski definition) is 0. The van der Waals surface area contributed by atoms with Crippen molar-refractivity contribution in [1.29, 1.82) is 0 Å². The van der Waals surface area contributed by atoms with Gasteiger partial charge in [-0.2, -0.15) is 0 Å². The van der Waals surface area contributed by atoms with Gasteiger partial charge in [0.25, 0.3) is 0 Å². The van der Waals surface area contributed by atoms with Crippen LogP contribution in [0, 0.1) is 5.92 Å². The molecule has 0 amide bonds. The van der Waals surface area contributed by atoms with E-state index in [2.05, 4.69) is 11.8 Å². The molecule has 0 heterocycles. The van der Waals surface area contributed by atoms with E-state index in [1.165, 1.54) is 12.8 Å². The van der Waals surface area contributed by atoms with Gasteiger partial charge < -0.3 is 0 Å². The Morgan fingerprint density at radius 1 is 1.25 bits per heavy atom. The molecule has 92 valence electrons. The van der Waals surface area contributed by atoms with Crippen LogP contribution in [0.1, 0.15) is 46.5 Å². The topological polar surface area (TPSA) is 20.3 Å². The van der Waals surface area contributed by atoms with Crippen LogP contribution in [-0.4, -0.2) is 30.3 Å². The zero-order valence-corrected chi connectivity index (χ0v) is 11.3. The van der Waals surface area contributed by atoms with Crippen LogP contribution in [0.15, 0.2) is 11.6 Å². The number of nitrogens with zero attached hydrogens (tertiary/aromatic N) is 1. The van der Waals surface area contributed by atoms with Gasteiger partial charge in [0, 0.05) is 0 Å². The summed E-state index contributed by atoms with van der Waals surface area (Å²) < 4.78 is 0. The second-order valence-electron chi connectivity index (χ2n) is 5.69. The lowest BCUT2D eigenvalue weighted by Gasteiger charge is -2.42. The molecule has 0 N–H and O–H groups in total. The molecule has 0 aliphatic heterocycles. The molecule has 0 radical (unpaired) electrons. The maximum atomic E-state index is 12.4. The van der Waals surface area contributed by atoms with E-state index in [0.717, 1.165) is 24.3 Å². The summed E-state index contributed by atoms with van der Waals surface area (Å²) >= 11 is 0. The molecule has 0 bridgehead atoms. The van der Waals surface area contributed by atoms with E-state index in [0.29, 0.717) is 5.78 Å². The third-order valence-electron chi connectivity index (χ3n) is 3.84. The van der Waals surface area contributed by atoms with Crippen molar-refractivity contribution in [2.45, 2.75) is 52.0 Å². The first-order valence-electron chi connectivity index (χ1n) is 6.25. The largest absolute Gasteiger partial charge is 0.297 e. The van der Waals surface area contributed by atoms with E-state index in [1.807, 2.05) is 34.0 Å². The van der Waals surface area contributed by atoms with Crippen molar-refractivity contribution >= 4 is 5.78 Å². The van der Waals surface area contributed by atoms with Crippen LogP contribution < -0.4 is 0 Å². The number of carbonyl (C=O) groups is 1. The fourth-order valence-electron chi connectivity index (χ4n) is 2.55. The Morgan fingerprint density at radius 2 is 1.75 bits per heavy atom. The molecule has 0 aromatic carbocycles. The van der Waals surface area contributed by atoms with Crippen LogP contribution in [0.2, 0.25) is 0 Å². The van der Waals surface area contributed by atoms with Gasteiger partial charge in [0.15, 0.2) is 5.78 Å². The zero-order valence-electron chi connectivity index (χ0n) is 11.3. The quantitative estimate of drug-likeness (QED) is 0.685. The van der Waals surface area contributed by atoms with E-state index in [4.69, 9.17) is 0 Å². The van der Waals surface area contributed by atoms with E-state index in [1.54, 1.807) is 0 Å². The minimum absolute atomic E-state index is 0.232. The number of likely N-dealkylation sites (N-methyl/N-ethyl adjacent to an activating group) is 1. The van der Waals surface area contributed by atoms with Crippen LogP contribution in [0.3, 0.4) is 0 Å². The second kappa shape index (κ2) is 5.13. The van der Waals surface area contributed by atoms with Gasteiger partial charge in [0.2, 0.25) is 0 Å². The molecular formula is C14H25NO. The highest BCUT2D eigenvalue weighted by molar-refractivity contribution is 5.98. The molecule has 16 heavy (non-hydrogen) atoms. The first-order valence-corrected chi connectivity index (χ1v) is 6.25. The number of ketones is 1. The Morgan fingerprint density at radius 3 is 2.12 bits per heavy atom. The van der Waals surface area contributed by atoms with Crippen molar-refractivity contribution in [2.75, 3.05) is 14.1 Å². The normalized spacial score (nSPS) is 30.2. The monoisotopic (exact) mass is 223 g/mol. The molecule has 0 aromatic heterocycles. The highest BCUT2D eigenvalue weighted by atomic mass is 16.1. The summed E-state index contributed by atoms with van der Waals surface area (Å²) in [5.41, 5.74) is 0.869. The zero-order chi connectivity index (χ0) is 12.3. The first kappa shape index (κ1) is 13.4. The third-order valence-corrected chi connectivity index (χ3v) is 3.84. The number of allylic oxidation sites excluding steroid dienone is 1. The van der Waals surface area contributed by atoms with E-state index < -0.39 is 0 Å². The Bertz CT molecular complexity index is 279. The molecule has 0 unspecified atom stereocenters. The van der Waals surface area contributed by atoms with Gasteiger partial charge >= 0.3 is 0 Å². The van der Waals surface area contributed by atoms with Crippen molar-refractivity contribution < 1.29 is 4.79 Å². The van der Waals surface area contributed by atoms with Gasteiger partial charge in [-0.1, -0.05) is 12.5 Å². The van der Waals surface area contributed by atoms with Crippen molar-refractivity contribution in [3.05, 3.63) is 11.6 Å². The van der Waals surface area contributed by atoms with Crippen LogP contribution >= 0.6 is 0 Å². The van der Waals surface area contributed by atoms with Gasteiger partial charge in [-0.3, -0.25) is 9.69 Å². The molecule has 0 aromatic rings. The highest BCUT2D eigenvalue weighted by Crippen LogP contribution is 2.36. The van der Waals surface area contributed by atoms with E-state index in [-0.39, 0.29) is 5.54 Å². The summed E-state index contributed by atoms with van der Waals surface area (Å²) in [6.45, 7) is 6.27. The Hall–Kier alpha value is -0.630. The maximum Gasteiger partial charge on any atom is 0.175 e. The third kappa shape index (κ3) is 2.73. The summed E-state index contributed by atoms with van der Waals surface area (Å²) in [5.74, 6) is 1.07. The summed E-state index contributed by atoms with van der Waals surface area (Å²) in [7, 11) is 4.07. The number of rotatable bonds is 3. The minimum atomic E-state index is -0.232. The smallest absolute Gasteiger partial charge is 0.175 e. The fourth-order valence-corrected chi connectivity index (χ4v) is 2.55. The van der Waals surface area contributed by atoms with Crippen LogP contribution in [0.4, 0.5) is 0 Å².